The fourth-order valence-electron chi connectivity index (χ4n) is 2.41. The first kappa shape index (κ1) is 19.7. The van der Waals surface area contributed by atoms with Gasteiger partial charge < -0.3 is 14.8 Å². The van der Waals surface area contributed by atoms with Crippen LogP contribution in [0.2, 0.25) is 0 Å². The van der Waals surface area contributed by atoms with Gasteiger partial charge in [0.1, 0.15) is 5.75 Å². The summed E-state index contributed by atoms with van der Waals surface area (Å²) in [6.07, 6.45) is -0.000913. The molecule has 0 unspecified atom stereocenters. The fraction of sp³-hybridized carbons (Fsp3) is 0.316. The Kier molecular flexibility index (Phi) is 6.91. The number of esters is 1. The van der Waals surface area contributed by atoms with Gasteiger partial charge in [-0.2, -0.15) is 0 Å². The van der Waals surface area contributed by atoms with E-state index in [9.17, 15) is 14.4 Å². The van der Waals surface area contributed by atoms with Crippen LogP contribution >= 0.6 is 11.3 Å². The third-order valence-corrected chi connectivity index (χ3v) is 4.61. The smallest absolute Gasteiger partial charge is 0.306 e. The molecule has 1 N–H and O–H groups in total. The summed E-state index contributed by atoms with van der Waals surface area (Å²) in [6.45, 7) is 3.40. The van der Waals surface area contributed by atoms with Gasteiger partial charge in [-0.3, -0.25) is 14.4 Å². The van der Waals surface area contributed by atoms with Gasteiger partial charge in [0, 0.05) is 21.7 Å². The van der Waals surface area contributed by atoms with Gasteiger partial charge in [0.15, 0.2) is 12.4 Å². The summed E-state index contributed by atoms with van der Waals surface area (Å²) in [6, 6.07) is 8.75. The number of Topliss-reactive ketones (excluding diaryl/α,β-unsaturated/α-hetero) is 1. The van der Waals surface area contributed by atoms with Gasteiger partial charge in [-0.25, -0.2) is 0 Å². The van der Waals surface area contributed by atoms with Crippen molar-refractivity contribution in [3.63, 3.8) is 0 Å². The van der Waals surface area contributed by atoms with Gasteiger partial charge >= 0.3 is 5.97 Å². The molecule has 26 heavy (non-hydrogen) atoms. The Morgan fingerprint density at radius 1 is 1.12 bits per heavy atom. The molecule has 2 aromatic rings. The molecule has 6 nitrogen and oxygen atoms in total. The van der Waals surface area contributed by atoms with Crippen molar-refractivity contribution in [2.75, 3.05) is 19.0 Å². The summed E-state index contributed by atoms with van der Waals surface area (Å²) in [7, 11) is 1.50. The van der Waals surface area contributed by atoms with Crippen molar-refractivity contribution >= 4 is 34.7 Å². The molecule has 7 heteroatoms. The van der Waals surface area contributed by atoms with Crippen molar-refractivity contribution < 1.29 is 23.9 Å². The van der Waals surface area contributed by atoms with Crippen molar-refractivity contribution in [1.29, 1.82) is 0 Å². The highest BCUT2D eigenvalue weighted by atomic mass is 32.1. The number of thiophene rings is 1. The minimum Gasteiger partial charge on any atom is -0.495 e. The number of ketones is 1. The zero-order valence-corrected chi connectivity index (χ0v) is 15.8. The molecule has 2 rings (SSSR count). The third kappa shape index (κ3) is 5.42. The highest BCUT2D eigenvalue weighted by molar-refractivity contribution is 7.12. The second-order valence-electron chi connectivity index (χ2n) is 5.66. The number of nitrogens with one attached hydrogen (secondary N) is 1. The number of hydrogen-bond acceptors (Lipinski definition) is 6. The molecule has 0 aliphatic rings. The lowest BCUT2D eigenvalue weighted by molar-refractivity contribution is -0.147. The lowest BCUT2D eigenvalue weighted by Crippen LogP contribution is -2.21. The molecule has 0 bridgehead atoms. The van der Waals surface area contributed by atoms with Crippen LogP contribution in [0.15, 0.2) is 30.3 Å². The average molecular weight is 375 g/mol. The molecule has 0 radical (unpaired) electrons. The summed E-state index contributed by atoms with van der Waals surface area (Å²) >= 11 is 1.55. The van der Waals surface area contributed by atoms with Crippen LogP contribution in [0.3, 0.4) is 0 Å². The lowest BCUT2D eigenvalue weighted by Gasteiger charge is -2.10. The normalized spacial score (nSPS) is 10.3. The van der Waals surface area contributed by atoms with Crippen LogP contribution in [0.4, 0.5) is 5.69 Å². The van der Waals surface area contributed by atoms with Crippen LogP contribution in [0.25, 0.3) is 0 Å². The number of rotatable bonds is 8. The first-order valence-corrected chi connectivity index (χ1v) is 8.91. The van der Waals surface area contributed by atoms with Crippen molar-refractivity contribution in [3.05, 3.63) is 45.6 Å². The van der Waals surface area contributed by atoms with E-state index < -0.39 is 18.5 Å². The number of ether oxygens (including phenoxy) is 2. The van der Waals surface area contributed by atoms with Crippen molar-refractivity contribution in [2.24, 2.45) is 0 Å². The van der Waals surface area contributed by atoms with E-state index in [1.165, 1.54) is 7.11 Å². The van der Waals surface area contributed by atoms with Gasteiger partial charge in [-0.1, -0.05) is 12.1 Å². The van der Waals surface area contributed by atoms with Crippen molar-refractivity contribution in [3.8, 4) is 5.75 Å². The van der Waals surface area contributed by atoms with Crippen molar-refractivity contribution in [2.45, 2.75) is 26.7 Å². The molecule has 0 aliphatic heterocycles. The van der Waals surface area contributed by atoms with Crippen LogP contribution in [-0.2, 0) is 14.3 Å². The van der Waals surface area contributed by atoms with Gasteiger partial charge in [0.05, 0.1) is 19.2 Å². The van der Waals surface area contributed by atoms with Crippen LogP contribution < -0.4 is 10.1 Å². The molecule has 0 atom stereocenters. The Labute approximate surface area is 156 Å². The van der Waals surface area contributed by atoms with E-state index in [1.54, 1.807) is 35.6 Å². The summed E-state index contributed by atoms with van der Waals surface area (Å²) in [5.41, 5.74) is 1.14. The van der Waals surface area contributed by atoms with Gasteiger partial charge in [0.25, 0.3) is 5.91 Å². The maximum absolute atomic E-state index is 12.1. The standard InChI is InChI=1S/C19H21NO5S/c1-12-10-14(13(2)26-12)16(21)8-9-19(23)25-11-18(22)20-15-6-4-5-7-17(15)24-3/h4-7,10H,8-9,11H2,1-3H3,(H,20,22). The van der Waals surface area contributed by atoms with E-state index in [2.05, 4.69) is 5.32 Å². The maximum Gasteiger partial charge on any atom is 0.306 e. The number of methoxy groups -OCH3 is 1. The van der Waals surface area contributed by atoms with E-state index in [1.807, 2.05) is 19.9 Å². The molecule has 1 aromatic carbocycles. The SMILES string of the molecule is COc1ccccc1NC(=O)COC(=O)CCC(=O)c1cc(C)sc1C. The van der Waals surface area contributed by atoms with Crippen molar-refractivity contribution in [1.82, 2.24) is 0 Å². The monoisotopic (exact) mass is 375 g/mol. The fourth-order valence-corrected chi connectivity index (χ4v) is 3.35. The van der Waals surface area contributed by atoms with Crippen LogP contribution in [0, 0.1) is 13.8 Å². The zero-order valence-electron chi connectivity index (χ0n) is 15.0. The number of carbonyl (C=O) groups excluding carboxylic acids is 3. The average Bonchev–Trinajstić information content (AvgIpc) is 2.96. The summed E-state index contributed by atoms with van der Waals surface area (Å²) in [5.74, 6) is -0.641. The Bertz CT molecular complexity index is 812. The predicted molar refractivity (Wildman–Crippen MR) is 99.9 cm³/mol. The van der Waals surface area contributed by atoms with E-state index in [4.69, 9.17) is 9.47 Å². The number of aryl methyl sites for hydroxylation is 2. The Balaban J connectivity index is 1.77. The summed E-state index contributed by atoms with van der Waals surface area (Å²) in [5, 5.41) is 2.61. The molecule has 1 heterocycles. The van der Waals surface area contributed by atoms with E-state index in [0.29, 0.717) is 17.0 Å². The Hall–Kier alpha value is -2.67. The van der Waals surface area contributed by atoms with E-state index in [-0.39, 0.29) is 18.6 Å². The highest BCUT2D eigenvalue weighted by Gasteiger charge is 2.15. The second kappa shape index (κ2) is 9.15. The third-order valence-electron chi connectivity index (χ3n) is 3.64. The molecule has 1 amide bonds. The van der Waals surface area contributed by atoms with Crippen LogP contribution in [0.1, 0.15) is 33.0 Å². The summed E-state index contributed by atoms with van der Waals surface area (Å²) < 4.78 is 10.1. The van der Waals surface area contributed by atoms with Crippen LogP contribution in [0.5, 0.6) is 5.75 Å². The number of anilines is 1. The van der Waals surface area contributed by atoms with Gasteiger partial charge in [-0.05, 0) is 32.0 Å². The van der Waals surface area contributed by atoms with Gasteiger partial charge in [-0.15, -0.1) is 11.3 Å². The predicted octanol–water partition coefficient (Wildman–Crippen LogP) is 3.52. The molecule has 0 aliphatic carbocycles. The quantitative estimate of drug-likeness (QED) is 0.564. The Morgan fingerprint density at radius 3 is 2.50 bits per heavy atom. The maximum atomic E-state index is 12.1. The minimum atomic E-state index is -0.585. The van der Waals surface area contributed by atoms with E-state index >= 15 is 0 Å². The first-order chi connectivity index (χ1) is 12.4. The number of hydrogen-bond donors (Lipinski definition) is 1. The molecular weight excluding hydrogens is 354 g/mol. The molecule has 0 saturated heterocycles. The summed E-state index contributed by atoms with van der Waals surface area (Å²) in [4.78, 5) is 37.8. The second-order valence-corrected chi connectivity index (χ2v) is 7.12. The number of carbonyl (C=O) groups is 3. The molecule has 0 fully saturated rings. The lowest BCUT2D eigenvalue weighted by atomic mass is 10.1. The van der Waals surface area contributed by atoms with E-state index in [0.717, 1.165) is 9.75 Å². The molecule has 0 spiro atoms. The number of para-hydroxylation sites is 2. The van der Waals surface area contributed by atoms with Crippen LogP contribution in [-0.4, -0.2) is 31.4 Å². The highest BCUT2D eigenvalue weighted by Crippen LogP contribution is 2.23. The minimum absolute atomic E-state index is 0.0595. The zero-order chi connectivity index (χ0) is 19.1. The number of amides is 1. The molecule has 0 saturated carbocycles. The molecule has 138 valence electrons. The van der Waals surface area contributed by atoms with Gasteiger partial charge in [0.2, 0.25) is 0 Å². The molecular formula is C19H21NO5S. The number of benzene rings is 1. The first-order valence-electron chi connectivity index (χ1n) is 8.09. The Morgan fingerprint density at radius 2 is 1.85 bits per heavy atom. The largest absolute Gasteiger partial charge is 0.495 e. The topological polar surface area (TPSA) is 81.7 Å². The molecule has 1 aromatic heterocycles.